The molecule has 1 aromatic heterocycles. The molecule has 0 amide bonds. The summed E-state index contributed by atoms with van der Waals surface area (Å²) in [5, 5.41) is 0. The molecular formula is C15H15BrF2N2O. The molecule has 0 bridgehead atoms. The number of H-pyrrole nitrogens is 1. The van der Waals surface area contributed by atoms with Gasteiger partial charge in [0.15, 0.2) is 0 Å². The highest BCUT2D eigenvalue weighted by molar-refractivity contribution is 9.10. The quantitative estimate of drug-likeness (QED) is 0.782. The zero-order valence-electron chi connectivity index (χ0n) is 12.1. The highest BCUT2D eigenvalue weighted by atomic mass is 79.9. The minimum Gasteiger partial charge on any atom is -0.310 e. The maximum Gasteiger partial charge on any atom is 0.254 e. The highest BCUT2D eigenvalue weighted by Gasteiger charge is 2.23. The second-order valence-corrected chi connectivity index (χ2v) is 6.71. The number of aromatic amines is 1. The van der Waals surface area contributed by atoms with Crippen molar-refractivity contribution >= 4 is 15.9 Å². The van der Waals surface area contributed by atoms with Crippen LogP contribution in [0.5, 0.6) is 0 Å². The van der Waals surface area contributed by atoms with Crippen LogP contribution < -0.4 is 5.56 Å². The SMILES string of the molecule is Cc1c(-c2c(F)ccc(Br)c2F)nc(C(C)(C)C)[nH]c1=O. The Morgan fingerprint density at radius 1 is 1.24 bits per heavy atom. The number of hydrogen-bond donors (Lipinski definition) is 1. The first-order chi connectivity index (χ1) is 9.62. The molecule has 0 atom stereocenters. The van der Waals surface area contributed by atoms with E-state index in [2.05, 4.69) is 25.9 Å². The van der Waals surface area contributed by atoms with Gasteiger partial charge in [-0.3, -0.25) is 4.79 Å². The molecule has 0 spiro atoms. The van der Waals surface area contributed by atoms with Crippen LogP contribution in [0.2, 0.25) is 0 Å². The van der Waals surface area contributed by atoms with E-state index in [4.69, 9.17) is 0 Å². The average molecular weight is 357 g/mol. The minimum absolute atomic E-state index is 0.0278. The molecule has 2 rings (SSSR count). The van der Waals surface area contributed by atoms with Crippen LogP contribution in [0.4, 0.5) is 8.78 Å². The first-order valence-corrected chi connectivity index (χ1v) is 7.17. The lowest BCUT2D eigenvalue weighted by Gasteiger charge is -2.19. The Hall–Kier alpha value is -1.56. The van der Waals surface area contributed by atoms with Gasteiger partial charge in [-0.15, -0.1) is 0 Å². The van der Waals surface area contributed by atoms with Gasteiger partial charge in [0.05, 0.1) is 15.7 Å². The van der Waals surface area contributed by atoms with E-state index in [-0.39, 0.29) is 21.3 Å². The molecular weight excluding hydrogens is 342 g/mol. The lowest BCUT2D eigenvalue weighted by Crippen LogP contribution is -2.24. The third-order valence-electron chi connectivity index (χ3n) is 3.14. The lowest BCUT2D eigenvalue weighted by atomic mass is 9.95. The second-order valence-electron chi connectivity index (χ2n) is 5.86. The number of rotatable bonds is 1. The van der Waals surface area contributed by atoms with E-state index in [0.717, 1.165) is 6.07 Å². The zero-order chi connectivity index (χ0) is 15.9. The van der Waals surface area contributed by atoms with Crippen molar-refractivity contribution in [3.8, 4) is 11.3 Å². The smallest absolute Gasteiger partial charge is 0.254 e. The van der Waals surface area contributed by atoms with Crippen LogP contribution in [-0.4, -0.2) is 9.97 Å². The molecule has 1 N–H and O–H groups in total. The van der Waals surface area contributed by atoms with E-state index in [1.54, 1.807) is 0 Å². The number of nitrogens with one attached hydrogen (secondary N) is 1. The van der Waals surface area contributed by atoms with Crippen LogP contribution in [0.1, 0.15) is 32.2 Å². The standard InChI is InChI=1S/C15H15BrF2N2O/c1-7-12(10-9(17)6-5-8(16)11(10)18)19-14(15(2,3)4)20-13(7)21/h5-6H,1-4H3,(H,19,20,21). The molecule has 1 aromatic carbocycles. The van der Waals surface area contributed by atoms with Gasteiger partial charge in [0, 0.05) is 11.0 Å². The van der Waals surface area contributed by atoms with Gasteiger partial charge in [0.25, 0.3) is 5.56 Å². The summed E-state index contributed by atoms with van der Waals surface area (Å²) in [7, 11) is 0. The Morgan fingerprint density at radius 2 is 1.86 bits per heavy atom. The Labute approximate surface area is 129 Å². The molecule has 0 aliphatic rings. The third-order valence-corrected chi connectivity index (χ3v) is 3.75. The molecule has 0 saturated heterocycles. The fourth-order valence-electron chi connectivity index (χ4n) is 1.88. The predicted molar refractivity (Wildman–Crippen MR) is 81.3 cm³/mol. The zero-order valence-corrected chi connectivity index (χ0v) is 13.7. The third kappa shape index (κ3) is 2.90. The Kier molecular flexibility index (Phi) is 4.02. The van der Waals surface area contributed by atoms with E-state index in [1.807, 2.05) is 20.8 Å². The van der Waals surface area contributed by atoms with Crippen molar-refractivity contribution in [2.75, 3.05) is 0 Å². The molecule has 0 unspecified atom stereocenters. The van der Waals surface area contributed by atoms with Crippen molar-refractivity contribution in [2.24, 2.45) is 0 Å². The molecule has 0 radical (unpaired) electrons. The summed E-state index contributed by atoms with van der Waals surface area (Å²) >= 11 is 3.02. The van der Waals surface area contributed by atoms with Gasteiger partial charge in [0.2, 0.25) is 0 Å². The van der Waals surface area contributed by atoms with Crippen LogP contribution in [0.15, 0.2) is 21.4 Å². The summed E-state index contributed by atoms with van der Waals surface area (Å²) in [5.74, 6) is -1.14. The molecule has 3 nitrogen and oxygen atoms in total. The lowest BCUT2D eigenvalue weighted by molar-refractivity contribution is 0.540. The van der Waals surface area contributed by atoms with Gasteiger partial charge in [-0.2, -0.15) is 0 Å². The Balaban J connectivity index is 2.85. The van der Waals surface area contributed by atoms with Crippen LogP contribution in [0, 0.1) is 18.6 Å². The molecule has 0 aliphatic heterocycles. The number of aromatic nitrogens is 2. The fraction of sp³-hybridized carbons (Fsp3) is 0.333. The summed E-state index contributed by atoms with van der Waals surface area (Å²) < 4.78 is 28.4. The first kappa shape index (κ1) is 15.8. The first-order valence-electron chi connectivity index (χ1n) is 6.38. The number of benzene rings is 1. The highest BCUT2D eigenvalue weighted by Crippen LogP contribution is 2.31. The number of halogens is 3. The molecule has 0 aliphatic carbocycles. The van der Waals surface area contributed by atoms with Crippen molar-refractivity contribution in [3.05, 3.63) is 50.0 Å². The van der Waals surface area contributed by atoms with E-state index < -0.39 is 22.6 Å². The molecule has 0 fully saturated rings. The van der Waals surface area contributed by atoms with E-state index in [9.17, 15) is 13.6 Å². The summed E-state index contributed by atoms with van der Waals surface area (Å²) in [6.45, 7) is 7.07. The summed E-state index contributed by atoms with van der Waals surface area (Å²) in [4.78, 5) is 19.0. The molecule has 2 aromatic rings. The van der Waals surface area contributed by atoms with Gasteiger partial charge < -0.3 is 4.98 Å². The molecule has 1 heterocycles. The average Bonchev–Trinajstić information content (AvgIpc) is 2.38. The van der Waals surface area contributed by atoms with Crippen molar-refractivity contribution in [3.63, 3.8) is 0 Å². The maximum absolute atomic E-state index is 14.2. The van der Waals surface area contributed by atoms with Gasteiger partial charge in [0.1, 0.15) is 17.5 Å². The number of nitrogens with zero attached hydrogens (tertiary/aromatic N) is 1. The fourth-order valence-corrected chi connectivity index (χ4v) is 2.21. The number of hydrogen-bond acceptors (Lipinski definition) is 2. The van der Waals surface area contributed by atoms with Crippen LogP contribution in [0.25, 0.3) is 11.3 Å². The van der Waals surface area contributed by atoms with E-state index >= 15 is 0 Å². The van der Waals surface area contributed by atoms with Crippen molar-refractivity contribution in [1.82, 2.24) is 9.97 Å². The maximum atomic E-state index is 14.2. The van der Waals surface area contributed by atoms with Gasteiger partial charge in [-0.05, 0) is 35.0 Å². The second kappa shape index (κ2) is 5.33. The summed E-state index contributed by atoms with van der Waals surface area (Å²) in [6.07, 6.45) is 0. The molecule has 0 saturated carbocycles. The largest absolute Gasteiger partial charge is 0.310 e. The van der Waals surface area contributed by atoms with Crippen molar-refractivity contribution in [2.45, 2.75) is 33.1 Å². The monoisotopic (exact) mass is 356 g/mol. The van der Waals surface area contributed by atoms with Crippen LogP contribution >= 0.6 is 15.9 Å². The topological polar surface area (TPSA) is 45.8 Å². The molecule has 112 valence electrons. The van der Waals surface area contributed by atoms with Gasteiger partial charge in [-0.1, -0.05) is 20.8 Å². The van der Waals surface area contributed by atoms with E-state index in [0.29, 0.717) is 5.82 Å². The predicted octanol–water partition coefficient (Wildman–Crippen LogP) is 4.08. The summed E-state index contributed by atoms with van der Waals surface area (Å²) in [5.41, 5.74) is -0.929. The molecule has 6 heteroatoms. The van der Waals surface area contributed by atoms with Gasteiger partial charge >= 0.3 is 0 Å². The van der Waals surface area contributed by atoms with E-state index in [1.165, 1.54) is 13.0 Å². The Bertz CT molecular complexity index is 763. The van der Waals surface area contributed by atoms with Crippen molar-refractivity contribution in [1.29, 1.82) is 0 Å². The van der Waals surface area contributed by atoms with Crippen molar-refractivity contribution < 1.29 is 8.78 Å². The Morgan fingerprint density at radius 3 is 2.43 bits per heavy atom. The summed E-state index contributed by atoms with van der Waals surface area (Å²) in [6, 6.07) is 2.42. The normalized spacial score (nSPS) is 11.8. The minimum atomic E-state index is -0.768. The van der Waals surface area contributed by atoms with Crippen LogP contribution in [0.3, 0.4) is 0 Å². The van der Waals surface area contributed by atoms with Gasteiger partial charge in [-0.25, -0.2) is 13.8 Å². The van der Waals surface area contributed by atoms with Crippen LogP contribution in [-0.2, 0) is 5.41 Å². The molecule has 21 heavy (non-hydrogen) atoms.